The molecule has 0 radical (unpaired) electrons. The van der Waals surface area contributed by atoms with Gasteiger partial charge in [-0.3, -0.25) is 0 Å². The van der Waals surface area contributed by atoms with Gasteiger partial charge in [-0.1, -0.05) is 18.2 Å². The van der Waals surface area contributed by atoms with E-state index < -0.39 is 0 Å². The maximum Gasteiger partial charge on any atom is 0.142 e. The molecule has 1 aliphatic rings. The predicted molar refractivity (Wildman–Crippen MR) is 105 cm³/mol. The zero-order valence-corrected chi connectivity index (χ0v) is 15.4. The maximum atomic E-state index is 9.57. The molecule has 0 spiro atoms. The first-order valence-electron chi connectivity index (χ1n) is 9.46. The maximum absolute atomic E-state index is 9.57. The molecule has 1 fully saturated rings. The molecule has 7 nitrogen and oxygen atoms in total. The molecule has 2 aromatic heterocycles. The van der Waals surface area contributed by atoms with Gasteiger partial charge in [-0.05, 0) is 55.5 Å². The summed E-state index contributed by atoms with van der Waals surface area (Å²) in [5.41, 5.74) is 11.2. The summed E-state index contributed by atoms with van der Waals surface area (Å²) < 4.78 is 1.92. The molecule has 1 aromatic carbocycles. The number of hydrogen-bond donors (Lipinski definition) is 2. The molecule has 7 heteroatoms. The van der Waals surface area contributed by atoms with Crippen LogP contribution in [-0.4, -0.2) is 33.1 Å². The molecule has 0 aliphatic carbocycles. The van der Waals surface area contributed by atoms with E-state index in [1.54, 1.807) is 0 Å². The van der Waals surface area contributed by atoms with Crippen LogP contribution in [-0.2, 0) is 6.54 Å². The van der Waals surface area contributed by atoms with Crippen molar-refractivity contribution in [3.8, 4) is 17.3 Å². The van der Waals surface area contributed by atoms with Crippen LogP contribution in [0.25, 0.3) is 22.3 Å². The van der Waals surface area contributed by atoms with Crippen molar-refractivity contribution in [3.63, 3.8) is 0 Å². The second kappa shape index (κ2) is 7.33. The van der Waals surface area contributed by atoms with Gasteiger partial charge in [-0.25, -0.2) is 9.67 Å². The Kier molecular flexibility index (Phi) is 4.73. The highest BCUT2D eigenvalue weighted by molar-refractivity contribution is 5.81. The lowest BCUT2D eigenvalue weighted by atomic mass is 9.88. The van der Waals surface area contributed by atoms with Crippen molar-refractivity contribution < 1.29 is 0 Å². The average Bonchev–Trinajstić information content (AvgIpc) is 3.10. The Labute approximate surface area is 158 Å². The molecule has 0 bridgehead atoms. The minimum absolute atomic E-state index is 0.284. The third kappa shape index (κ3) is 3.24. The third-order valence-electron chi connectivity index (χ3n) is 5.17. The summed E-state index contributed by atoms with van der Waals surface area (Å²) in [5.74, 6) is 0.580. The third-order valence-corrected chi connectivity index (χ3v) is 5.17. The van der Waals surface area contributed by atoms with Crippen molar-refractivity contribution in [1.82, 2.24) is 25.3 Å². The fourth-order valence-corrected chi connectivity index (χ4v) is 3.80. The van der Waals surface area contributed by atoms with Crippen molar-refractivity contribution in [1.29, 1.82) is 5.26 Å². The summed E-state index contributed by atoms with van der Waals surface area (Å²) in [4.78, 5) is 4.50. The Hall–Kier alpha value is -2.98. The van der Waals surface area contributed by atoms with E-state index in [1.165, 1.54) is 0 Å². The second-order valence-electron chi connectivity index (χ2n) is 7.03. The zero-order valence-electron chi connectivity index (χ0n) is 15.4. The molecule has 138 valence electrons. The van der Waals surface area contributed by atoms with E-state index in [9.17, 15) is 5.26 Å². The van der Waals surface area contributed by atoms with Crippen LogP contribution in [0.3, 0.4) is 0 Å². The molecular formula is C20H23N7. The van der Waals surface area contributed by atoms with Gasteiger partial charge in [0.05, 0.1) is 16.8 Å². The Bertz CT molecular complexity index is 1010. The van der Waals surface area contributed by atoms with Crippen molar-refractivity contribution in [2.45, 2.75) is 38.6 Å². The number of aryl methyl sites for hydroxylation is 1. The van der Waals surface area contributed by atoms with E-state index in [4.69, 9.17) is 5.73 Å². The number of aromatic nitrogens is 4. The van der Waals surface area contributed by atoms with E-state index in [2.05, 4.69) is 33.6 Å². The van der Waals surface area contributed by atoms with Crippen LogP contribution in [0, 0.1) is 11.3 Å². The summed E-state index contributed by atoms with van der Waals surface area (Å²) in [6.45, 7) is 4.85. The van der Waals surface area contributed by atoms with Gasteiger partial charge in [-0.15, -0.1) is 5.10 Å². The lowest BCUT2D eigenvalue weighted by Gasteiger charge is -2.24. The number of nitrogen functional groups attached to an aromatic ring is 1. The number of pyridine rings is 1. The van der Waals surface area contributed by atoms with Gasteiger partial charge in [0, 0.05) is 18.7 Å². The van der Waals surface area contributed by atoms with Gasteiger partial charge in [0.25, 0.3) is 0 Å². The zero-order chi connectivity index (χ0) is 18.8. The molecule has 1 atom stereocenters. The monoisotopic (exact) mass is 361 g/mol. The average molecular weight is 361 g/mol. The fraction of sp³-hybridized carbons (Fsp3) is 0.400. The van der Waals surface area contributed by atoms with Crippen molar-refractivity contribution in [2.75, 3.05) is 18.8 Å². The van der Waals surface area contributed by atoms with Crippen LogP contribution in [0.2, 0.25) is 0 Å². The van der Waals surface area contributed by atoms with Gasteiger partial charge >= 0.3 is 0 Å². The van der Waals surface area contributed by atoms with Gasteiger partial charge in [0.1, 0.15) is 17.4 Å². The van der Waals surface area contributed by atoms with E-state index in [0.29, 0.717) is 11.4 Å². The Morgan fingerprint density at radius 1 is 1.37 bits per heavy atom. The largest absolute Gasteiger partial charge is 0.383 e. The van der Waals surface area contributed by atoms with Crippen molar-refractivity contribution >= 4 is 16.9 Å². The van der Waals surface area contributed by atoms with Crippen LogP contribution in [0.15, 0.2) is 24.3 Å². The highest BCUT2D eigenvalue weighted by atomic mass is 15.4. The molecule has 4 rings (SSSR count). The quantitative estimate of drug-likeness (QED) is 0.740. The summed E-state index contributed by atoms with van der Waals surface area (Å²) in [6, 6.07) is 10.3. The fourth-order valence-electron chi connectivity index (χ4n) is 3.80. The first-order valence-corrected chi connectivity index (χ1v) is 9.46. The molecule has 1 aliphatic heterocycles. The lowest BCUT2D eigenvalue weighted by molar-refractivity contribution is 0.461. The lowest BCUT2D eigenvalue weighted by Crippen LogP contribution is -2.29. The second-order valence-corrected chi connectivity index (χ2v) is 7.03. The molecule has 27 heavy (non-hydrogen) atoms. The summed E-state index contributed by atoms with van der Waals surface area (Å²) in [5, 5.41) is 21.5. The molecule has 3 aromatic rings. The van der Waals surface area contributed by atoms with E-state index in [0.717, 1.165) is 66.8 Å². The highest BCUT2D eigenvalue weighted by Crippen LogP contribution is 2.32. The molecule has 3 N–H and O–H groups in total. The SMILES string of the molecule is CCCn1nnc2cc(-c3cc([C@H]4CCCNC4)c(C#N)c(N)n3)ccc21. The van der Waals surface area contributed by atoms with Crippen LogP contribution in [0.1, 0.15) is 43.2 Å². The standard InChI is InChI=1S/C20H23N7/c1-2-8-27-19-6-5-13(9-18(19)25-26-27)17-10-15(14-4-3-7-23-12-14)16(11-21)20(22)24-17/h5-6,9-10,14,23H,2-4,7-8,12H2,1H3,(H2,22,24)/t14-/m0/s1. The number of nitrogens with one attached hydrogen (secondary N) is 1. The first-order chi connectivity index (χ1) is 13.2. The van der Waals surface area contributed by atoms with Gasteiger partial charge in [0.15, 0.2) is 0 Å². The van der Waals surface area contributed by atoms with Crippen LogP contribution in [0.5, 0.6) is 0 Å². The molecular weight excluding hydrogens is 338 g/mol. The number of rotatable bonds is 4. The number of benzene rings is 1. The predicted octanol–water partition coefficient (Wildman–Crippen LogP) is 2.82. The molecule has 0 saturated carbocycles. The topological polar surface area (TPSA) is 105 Å². The van der Waals surface area contributed by atoms with Crippen LogP contribution in [0.4, 0.5) is 5.82 Å². The first kappa shape index (κ1) is 17.4. The number of anilines is 1. The normalized spacial score (nSPS) is 17.1. The number of hydrogen-bond acceptors (Lipinski definition) is 6. The summed E-state index contributed by atoms with van der Waals surface area (Å²) in [7, 11) is 0. The van der Waals surface area contributed by atoms with Gasteiger partial charge in [0.2, 0.25) is 0 Å². The van der Waals surface area contributed by atoms with E-state index >= 15 is 0 Å². The van der Waals surface area contributed by atoms with Crippen molar-refractivity contribution in [3.05, 3.63) is 35.4 Å². The summed E-state index contributed by atoms with van der Waals surface area (Å²) >= 11 is 0. The van der Waals surface area contributed by atoms with E-state index in [-0.39, 0.29) is 5.92 Å². The number of fused-ring (bicyclic) bond motifs is 1. The number of piperidine rings is 1. The van der Waals surface area contributed by atoms with Gasteiger partial charge < -0.3 is 11.1 Å². The van der Waals surface area contributed by atoms with Gasteiger partial charge in [-0.2, -0.15) is 5.26 Å². The molecule has 0 unspecified atom stereocenters. The van der Waals surface area contributed by atoms with Crippen LogP contribution >= 0.6 is 0 Å². The Morgan fingerprint density at radius 3 is 3.00 bits per heavy atom. The number of nitrogens with zero attached hydrogens (tertiary/aromatic N) is 5. The van der Waals surface area contributed by atoms with Crippen LogP contribution < -0.4 is 11.1 Å². The minimum Gasteiger partial charge on any atom is -0.383 e. The minimum atomic E-state index is 0.284. The van der Waals surface area contributed by atoms with E-state index in [1.807, 2.05) is 28.9 Å². The number of nitrogens with two attached hydrogens (primary N) is 1. The Morgan fingerprint density at radius 2 is 2.26 bits per heavy atom. The summed E-state index contributed by atoms with van der Waals surface area (Å²) in [6.07, 6.45) is 3.15. The highest BCUT2D eigenvalue weighted by Gasteiger charge is 2.22. The molecule has 0 amide bonds. The molecule has 3 heterocycles. The Balaban J connectivity index is 1.78. The number of nitriles is 1. The smallest absolute Gasteiger partial charge is 0.142 e. The molecule has 1 saturated heterocycles. The van der Waals surface area contributed by atoms with Crippen molar-refractivity contribution in [2.24, 2.45) is 0 Å².